The summed E-state index contributed by atoms with van der Waals surface area (Å²) in [7, 11) is 0. The van der Waals surface area contributed by atoms with Gasteiger partial charge in [-0.1, -0.05) is 36.4 Å². The molecule has 1 N–H and O–H groups in total. The molecule has 5 heteroatoms. The predicted octanol–water partition coefficient (Wildman–Crippen LogP) is 3.93. The number of amides is 1. The van der Waals surface area contributed by atoms with Crippen LogP contribution in [0, 0.1) is 11.3 Å². The van der Waals surface area contributed by atoms with Gasteiger partial charge >= 0.3 is 0 Å². The van der Waals surface area contributed by atoms with Crippen molar-refractivity contribution in [3.63, 3.8) is 0 Å². The van der Waals surface area contributed by atoms with E-state index in [2.05, 4.69) is 40.6 Å². The molecular weight excluding hydrogens is 318 g/mol. The number of hydrogen-bond acceptors (Lipinski definition) is 4. The van der Waals surface area contributed by atoms with Gasteiger partial charge in [-0.3, -0.25) is 4.79 Å². The van der Waals surface area contributed by atoms with Gasteiger partial charge in [-0.2, -0.15) is 5.26 Å². The van der Waals surface area contributed by atoms with Crippen LogP contribution in [0.3, 0.4) is 0 Å². The van der Waals surface area contributed by atoms with E-state index in [1.807, 2.05) is 24.3 Å². The highest BCUT2D eigenvalue weighted by Gasteiger charge is 2.09. The van der Waals surface area contributed by atoms with Crippen molar-refractivity contribution in [1.82, 2.24) is 10.3 Å². The van der Waals surface area contributed by atoms with Gasteiger partial charge in [-0.15, -0.1) is 11.3 Å². The van der Waals surface area contributed by atoms with E-state index < -0.39 is 0 Å². The highest BCUT2D eigenvalue weighted by molar-refractivity contribution is 7.18. The highest BCUT2D eigenvalue weighted by atomic mass is 32.1. The summed E-state index contributed by atoms with van der Waals surface area (Å²) in [5.74, 6) is -0.0460. The van der Waals surface area contributed by atoms with Crippen molar-refractivity contribution in [2.45, 2.75) is 19.3 Å². The molecule has 0 radical (unpaired) electrons. The fraction of sp³-hybridized carbons (Fsp3) is 0.211. The Morgan fingerprint density at radius 2 is 2.00 bits per heavy atom. The van der Waals surface area contributed by atoms with Crippen LogP contribution in [0.2, 0.25) is 0 Å². The molecular formula is C19H17N3OS. The Kier molecular flexibility index (Phi) is 5.19. The standard InChI is InChI=1S/C19H17N3OS/c20-10-4-5-11-21-18(23)13-19-22-16-9-8-15(12-17(16)24-19)14-6-2-1-3-7-14/h1-3,6-9,12H,4-5,11,13H2,(H,21,23). The van der Waals surface area contributed by atoms with Crippen LogP contribution in [0.5, 0.6) is 0 Å². The van der Waals surface area contributed by atoms with Crippen molar-refractivity contribution in [2.75, 3.05) is 6.54 Å². The highest BCUT2D eigenvalue weighted by Crippen LogP contribution is 2.28. The number of carbonyl (C=O) groups excluding carboxylic acids is 1. The number of rotatable bonds is 6. The van der Waals surface area contributed by atoms with E-state index in [9.17, 15) is 4.79 Å². The van der Waals surface area contributed by atoms with Gasteiger partial charge in [0.2, 0.25) is 5.91 Å². The molecule has 1 aromatic heterocycles. The van der Waals surface area contributed by atoms with Gasteiger partial charge in [-0.05, 0) is 29.7 Å². The topological polar surface area (TPSA) is 65.8 Å². The molecule has 120 valence electrons. The smallest absolute Gasteiger partial charge is 0.226 e. The summed E-state index contributed by atoms with van der Waals surface area (Å²) in [4.78, 5) is 16.5. The van der Waals surface area contributed by atoms with E-state index in [1.54, 1.807) is 11.3 Å². The molecule has 0 aliphatic rings. The van der Waals surface area contributed by atoms with Gasteiger partial charge in [-0.25, -0.2) is 4.98 Å². The SMILES string of the molecule is N#CCCCNC(=O)Cc1nc2ccc(-c3ccccc3)cc2s1. The average molecular weight is 335 g/mol. The molecule has 4 nitrogen and oxygen atoms in total. The zero-order chi connectivity index (χ0) is 16.8. The fourth-order valence-corrected chi connectivity index (χ4v) is 3.46. The summed E-state index contributed by atoms with van der Waals surface area (Å²) in [6, 6.07) is 18.5. The zero-order valence-corrected chi connectivity index (χ0v) is 14.0. The lowest BCUT2D eigenvalue weighted by atomic mass is 10.1. The second-order valence-corrected chi connectivity index (χ2v) is 6.56. The molecule has 2 aromatic carbocycles. The van der Waals surface area contributed by atoms with Crippen molar-refractivity contribution in [2.24, 2.45) is 0 Å². The molecule has 24 heavy (non-hydrogen) atoms. The minimum absolute atomic E-state index is 0.0460. The molecule has 0 aliphatic heterocycles. The van der Waals surface area contributed by atoms with Gasteiger partial charge in [0.25, 0.3) is 0 Å². The van der Waals surface area contributed by atoms with Crippen molar-refractivity contribution in [3.8, 4) is 17.2 Å². The van der Waals surface area contributed by atoms with Crippen molar-refractivity contribution < 1.29 is 4.79 Å². The number of nitrogens with zero attached hydrogens (tertiary/aromatic N) is 2. The van der Waals surface area contributed by atoms with E-state index in [0.29, 0.717) is 19.4 Å². The molecule has 1 heterocycles. The van der Waals surface area contributed by atoms with Gasteiger partial charge in [0, 0.05) is 13.0 Å². The summed E-state index contributed by atoms with van der Waals surface area (Å²) in [6.07, 6.45) is 1.43. The number of nitriles is 1. The monoisotopic (exact) mass is 335 g/mol. The number of carbonyl (C=O) groups is 1. The number of aromatic nitrogens is 1. The normalized spacial score (nSPS) is 10.5. The van der Waals surface area contributed by atoms with E-state index in [4.69, 9.17) is 5.26 Å². The predicted molar refractivity (Wildman–Crippen MR) is 96.6 cm³/mol. The Morgan fingerprint density at radius 3 is 2.79 bits per heavy atom. The van der Waals surface area contributed by atoms with Crippen LogP contribution in [0.4, 0.5) is 0 Å². The lowest BCUT2D eigenvalue weighted by Gasteiger charge is -2.00. The third kappa shape index (κ3) is 3.98. The molecule has 3 aromatic rings. The minimum atomic E-state index is -0.0460. The third-order valence-corrected chi connectivity index (χ3v) is 4.66. The average Bonchev–Trinajstić information content (AvgIpc) is 3.00. The lowest BCUT2D eigenvalue weighted by Crippen LogP contribution is -2.25. The first-order chi connectivity index (χ1) is 11.8. The Morgan fingerprint density at radius 1 is 1.17 bits per heavy atom. The quantitative estimate of drug-likeness (QED) is 0.694. The molecule has 0 atom stereocenters. The van der Waals surface area contributed by atoms with Crippen molar-refractivity contribution in [1.29, 1.82) is 5.26 Å². The van der Waals surface area contributed by atoms with Crippen LogP contribution in [-0.4, -0.2) is 17.4 Å². The second-order valence-electron chi connectivity index (χ2n) is 5.44. The number of benzene rings is 2. The number of nitrogens with one attached hydrogen (secondary N) is 1. The first kappa shape index (κ1) is 16.2. The Bertz CT molecular complexity index is 881. The van der Waals surface area contributed by atoms with E-state index in [0.717, 1.165) is 20.8 Å². The molecule has 0 saturated carbocycles. The molecule has 0 spiro atoms. The van der Waals surface area contributed by atoms with Crippen molar-refractivity contribution >= 4 is 27.5 Å². The summed E-state index contributed by atoms with van der Waals surface area (Å²) in [6.45, 7) is 0.537. The van der Waals surface area contributed by atoms with Gasteiger partial charge < -0.3 is 5.32 Å². The minimum Gasteiger partial charge on any atom is -0.356 e. The summed E-state index contributed by atoms with van der Waals surface area (Å²) < 4.78 is 1.09. The maximum absolute atomic E-state index is 11.9. The van der Waals surface area contributed by atoms with Crippen LogP contribution in [0.1, 0.15) is 17.8 Å². The lowest BCUT2D eigenvalue weighted by molar-refractivity contribution is -0.120. The molecule has 0 bridgehead atoms. The first-order valence-electron chi connectivity index (χ1n) is 7.85. The van der Waals surface area contributed by atoms with E-state index in [-0.39, 0.29) is 12.3 Å². The number of fused-ring (bicyclic) bond motifs is 1. The van der Waals surface area contributed by atoms with Crippen LogP contribution < -0.4 is 5.32 Å². The summed E-state index contributed by atoms with van der Waals surface area (Å²) >= 11 is 1.55. The van der Waals surface area contributed by atoms with Crippen LogP contribution >= 0.6 is 11.3 Å². The number of hydrogen-bond donors (Lipinski definition) is 1. The van der Waals surface area contributed by atoms with Crippen LogP contribution in [0.25, 0.3) is 21.3 Å². The molecule has 0 aliphatic carbocycles. The Balaban J connectivity index is 1.70. The maximum Gasteiger partial charge on any atom is 0.226 e. The van der Waals surface area contributed by atoms with E-state index >= 15 is 0 Å². The van der Waals surface area contributed by atoms with Gasteiger partial charge in [0.05, 0.1) is 22.7 Å². The molecule has 0 unspecified atom stereocenters. The van der Waals surface area contributed by atoms with Crippen molar-refractivity contribution in [3.05, 3.63) is 53.5 Å². The summed E-state index contributed by atoms with van der Waals surface area (Å²) in [5.41, 5.74) is 3.25. The Labute approximate surface area is 144 Å². The van der Waals surface area contributed by atoms with Gasteiger partial charge in [0.1, 0.15) is 5.01 Å². The summed E-state index contributed by atoms with van der Waals surface area (Å²) in [5, 5.41) is 12.1. The van der Waals surface area contributed by atoms with Gasteiger partial charge in [0.15, 0.2) is 0 Å². The molecule has 3 rings (SSSR count). The largest absolute Gasteiger partial charge is 0.356 e. The molecule has 0 saturated heterocycles. The van der Waals surface area contributed by atoms with Crippen LogP contribution in [0.15, 0.2) is 48.5 Å². The third-order valence-electron chi connectivity index (χ3n) is 3.64. The number of unbranched alkanes of at least 4 members (excludes halogenated alkanes) is 1. The maximum atomic E-state index is 11.9. The second kappa shape index (κ2) is 7.71. The van der Waals surface area contributed by atoms with Crippen LogP contribution in [-0.2, 0) is 11.2 Å². The van der Waals surface area contributed by atoms with E-state index in [1.165, 1.54) is 5.56 Å². The first-order valence-corrected chi connectivity index (χ1v) is 8.66. The fourth-order valence-electron chi connectivity index (χ4n) is 2.45. The Hall–Kier alpha value is -2.71. The molecule has 0 fully saturated rings. The number of thiazole rings is 1. The molecule has 1 amide bonds. The zero-order valence-electron chi connectivity index (χ0n) is 13.2.